The molecule has 124 valence electrons. The lowest BCUT2D eigenvalue weighted by Crippen LogP contribution is -2.31. The van der Waals surface area contributed by atoms with Crippen molar-refractivity contribution >= 4 is 29.3 Å². The number of amides is 2. The second-order valence-corrected chi connectivity index (χ2v) is 6.59. The molecule has 2 aromatic heterocycles. The van der Waals surface area contributed by atoms with Crippen LogP contribution in [0.4, 0.5) is 5.69 Å². The number of anilines is 1. The molecule has 1 saturated heterocycles. The average molecular weight is 351 g/mol. The van der Waals surface area contributed by atoms with Crippen LogP contribution >= 0.6 is 11.8 Å². The number of carbonyl (C=O) groups excluding carboxylic acids is 2. The van der Waals surface area contributed by atoms with E-state index in [0.717, 1.165) is 5.56 Å². The van der Waals surface area contributed by atoms with Crippen molar-refractivity contribution in [1.29, 1.82) is 0 Å². The molecule has 3 heterocycles. The minimum Gasteiger partial charge on any atom is -0.274 e. The maximum absolute atomic E-state index is 12.6. The van der Waals surface area contributed by atoms with Crippen molar-refractivity contribution in [2.45, 2.75) is 16.8 Å². The summed E-state index contributed by atoms with van der Waals surface area (Å²) in [5.41, 5.74) is 1.45. The van der Waals surface area contributed by atoms with Gasteiger partial charge in [0, 0.05) is 24.4 Å². The molecule has 0 radical (unpaired) electrons. The van der Waals surface area contributed by atoms with Gasteiger partial charge >= 0.3 is 0 Å². The highest BCUT2D eigenvalue weighted by atomic mass is 32.2. The minimum absolute atomic E-state index is 0.136. The van der Waals surface area contributed by atoms with Crippen LogP contribution in [0.5, 0.6) is 0 Å². The number of hydrogen-bond acceptors (Lipinski definition) is 6. The van der Waals surface area contributed by atoms with Crippen molar-refractivity contribution in [3.8, 4) is 11.4 Å². The summed E-state index contributed by atoms with van der Waals surface area (Å²) < 4.78 is 0. The Hall–Kier alpha value is -3.00. The largest absolute Gasteiger partial charge is 0.274 e. The summed E-state index contributed by atoms with van der Waals surface area (Å²) in [5, 5.41) is 6.90. The van der Waals surface area contributed by atoms with Crippen LogP contribution in [0.1, 0.15) is 6.42 Å². The first-order chi connectivity index (χ1) is 12.2. The molecule has 0 unspecified atom stereocenters. The minimum atomic E-state index is -0.520. The van der Waals surface area contributed by atoms with E-state index in [1.165, 1.54) is 16.7 Å². The monoisotopic (exact) mass is 351 g/mol. The van der Waals surface area contributed by atoms with Crippen LogP contribution in [0.3, 0.4) is 0 Å². The molecule has 1 fully saturated rings. The normalized spacial score (nSPS) is 17.3. The van der Waals surface area contributed by atoms with Gasteiger partial charge in [-0.25, -0.2) is 9.88 Å². The summed E-state index contributed by atoms with van der Waals surface area (Å²) in [6, 6.07) is 12.6. The molecule has 1 aliphatic rings. The van der Waals surface area contributed by atoms with Crippen LogP contribution in [0.25, 0.3) is 11.4 Å². The SMILES string of the molecule is O=C1C[C@@H](Sc2n[nH]c(-c3ccncc3)n2)C(=O)N1c1ccccc1. The zero-order valence-corrected chi connectivity index (χ0v) is 13.8. The van der Waals surface area contributed by atoms with E-state index < -0.39 is 5.25 Å². The lowest BCUT2D eigenvalue weighted by Gasteiger charge is -2.14. The van der Waals surface area contributed by atoms with E-state index in [9.17, 15) is 9.59 Å². The molecular weight excluding hydrogens is 338 g/mol. The van der Waals surface area contributed by atoms with Crippen LogP contribution in [0.2, 0.25) is 0 Å². The zero-order chi connectivity index (χ0) is 17.2. The number of imide groups is 1. The number of para-hydroxylation sites is 1. The van der Waals surface area contributed by atoms with Gasteiger partial charge in [0.2, 0.25) is 17.0 Å². The smallest absolute Gasteiger partial charge is 0.247 e. The Morgan fingerprint density at radius 2 is 1.84 bits per heavy atom. The highest BCUT2D eigenvalue weighted by molar-refractivity contribution is 8.00. The van der Waals surface area contributed by atoms with Gasteiger partial charge in [-0.15, -0.1) is 5.10 Å². The highest BCUT2D eigenvalue weighted by Gasteiger charge is 2.40. The number of pyridine rings is 1. The third kappa shape index (κ3) is 3.03. The first-order valence-corrected chi connectivity index (χ1v) is 8.51. The number of aromatic amines is 1. The fourth-order valence-electron chi connectivity index (χ4n) is 2.61. The van der Waals surface area contributed by atoms with E-state index >= 15 is 0 Å². The molecule has 3 aromatic rings. The summed E-state index contributed by atoms with van der Waals surface area (Å²) >= 11 is 1.20. The lowest BCUT2D eigenvalue weighted by molar-refractivity contribution is -0.121. The summed E-state index contributed by atoms with van der Waals surface area (Å²) in [4.78, 5) is 34.4. The fraction of sp³-hybridized carbons (Fsp3) is 0.118. The van der Waals surface area contributed by atoms with Gasteiger partial charge < -0.3 is 0 Å². The number of rotatable bonds is 4. The molecular formula is C17H13N5O2S. The highest BCUT2D eigenvalue weighted by Crippen LogP contribution is 2.32. The molecule has 7 nitrogen and oxygen atoms in total. The van der Waals surface area contributed by atoms with Crippen LogP contribution in [0, 0.1) is 0 Å². The number of nitrogens with zero attached hydrogens (tertiary/aromatic N) is 4. The number of aromatic nitrogens is 4. The van der Waals surface area contributed by atoms with Crippen molar-refractivity contribution in [2.75, 3.05) is 4.90 Å². The van der Waals surface area contributed by atoms with Gasteiger partial charge in [0.25, 0.3) is 0 Å². The molecule has 0 bridgehead atoms. The molecule has 1 N–H and O–H groups in total. The number of carbonyl (C=O) groups is 2. The molecule has 1 aliphatic heterocycles. The van der Waals surface area contributed by atoms with E-state index in [2.05, 4.69) is 20.2 Å². The maximum Gasteiger partial charge on any atom is 0.247 e. The standard InChI is InChI=1S/C17H13N5O2S/c23-14-10-13(16(24)22(14)12-4-2-1-3-5-12)25-17-19-15(20-21-17)11-6-8-18-9-7-11/h1-9,13H,10H2,(H,19,20,21)/t13-/m1/s1. The Bertz CT molecular complexity index is 913. The first kappa shape index (κ1) is 15.5. The molecule has 8 heteroatoms. The summed E-state index contributed by atoms with van der Waals surface area (Å²) in [6.07, 6.45) is 3.47. The van der Waals surface area contributed by atoms with E-state index in [-0.39, 0.29) is 18.2 Å². The topological polar surface area (TPSA) is 91.8 Å². The quantitative estimate of drug-likeness (QED) is 0.725. The van der Waals surface area contributed by atoms with Crippen molar-refractivity contribution in [3.05, 3.63) is 54.9 Å². The van der Waals surface area contributed by atoms with Crippen molar-refractivity contribution in [1.82, 2.24) is 20.2 Å². The van der Waals surface area contributed by atoms with Crippen LogP contribution in [-0.2, 0) is 9.59 Å². The Balaban J connectivity index is 1.52. The van der Waals surface area contributed by atoms with E-state index in [0.29, 0.717) is 16.7 Å². The van der Waals surface area contributed by atoms with Crippen LogP contribution in [0.15, 0.2) is 60.0 Å². The van der Waals surface area contributed by atoms with Crippen LogP contribution in [-0.4, -0.2) is 37.2 Å². The average Bonchev–Trinajstić information content (AvgIpc) is 3.22. The first-order valence-electron chi connectivity index (χ1n) is 7.63. The van der Waals surface area contributed by atoms with Crippen molar-refractivity contribution < 1.29 is 9.59 Å². The molecule has 1 aromatic carbocycles. The number of nitrogens with one attached hydrogen (secondary N) is 1. The number of thioether (sulfide) groups is 1. The van der Waals surface area contributed by atoms with Crippen molar-refractivity contribution in [3.63, 3.8) is 0 Å². The zero-order valence-electron chi connectivity index (χ0n) is 13.0. The van der Waals surface area contributed by atoms with E-state index in [1.807, 2.05) is 18.2 Å². The molecule has 0 spiro atoms. The predicted octanol–water partition coefficient (Wildman–Crippen LogP) is 2.29. The van der Waals surface area contributed by atoms with Crippen molar-refractivity contribution in [2.24, 2.45) is 0 Å². The third-order valence-corrected chi connectivity index (χ3v) is 4.83. The second-order valence-electron chi connectivity index (χ2n) is 5.42. The van der Waals surface area contributed by atoms with Gasteiger partial charge in [0.15, 0.2) is 5.82 Å². The van der Waals surface area contributed by atoms with E-state index in [4.69, 9.17) is 0 Å². The predicted molar refractivity (Wildman–Crippen MR) is 92.8 cm³/mol. The van der Waals surface area contributed by atoms with E-state index in [1.54, 1.807) is 36.7 Å². The Labute approximate surface area is 147 Å². The third-order valence-electron chi connectivity index (χ3n) is 3.79. The molecule has 25 heavy (non-hydrogen) atoms. The summed E-state index contributed by atoms with van der Waals surface area (Å²) in [6.45, 7) is 0. The lowest BCUT2D eigenvalue weighted by atomic mass is 10.3. The second kappa shape index (κ2) is 6.48. The summed E-state index contributed by atoms with van der Waals surface area (Å²) in [7, 11) is 0. The Kier molecular flexibility index (Phi) is 4.02. The Morgan fingerprint density at radius 1 is 1.08 bits per heavy atom. The van der Waals surface area contributed by atoms with Gasteiger partial charge in [-0.2, -0.15) is 0 Å². The fourth-order valence-corrected chi connectivity index (χ4v) is 3.54. The number of hydrogen-bond donors (Lipinski definition) is 1. The van der Waals surface area contributed by atoms with Gasteiger partial charge in [-0.05, 0) is 24.3 Å². The number of benzene rings is 1. The molecule has 4 rings (SSSR count). The molecule has 1 atom stereocenters. The molecule has 0 saturated carbocycles. The van der Waals surface area contributed by atoms with Crippen LogP contribution < -0.4 is 4.90 Å². The van der Waals surface area contributed by atoms with Gasteiger partial charge in [-0.1, -0.05) is 30.0 Å². The van der Waals surface area contributed by atoms with Gasteiger partial charge in [0.1, 0.15) is 5.25 Å². The number of H-pyrrole nitrogens is 1. The summed E-state index contributed by atoms with van der Waals surface area (Å²) in [5.74, 6) is 0.150. The molecule has 2 amide bonds. The Morgan fingerprint density at radius 3 is 2.60 bits per heavy atom. The molecule has 0 aliphatic carbocycles. The van der Waals surface area contributed by atoms with Gasteiger partial charge in [0.05, 0.1) is 5.69 Å². The maximum atomic E-state index is 12.6. The van der Waals surface area contributed by atoms with Gasteiger partial charge in [-0.3, -0.25) is 19.7 Å².